The molecule has 9 heteroatoms. The Morgan fingerprint density at radius 2 is 1.79 bits per heavy atom. The Hall–Kier alpha value is -2.78. The van der Waals surface area contributed by atoms with Crippen LogP contribution in [0.1, 0.15) is 33.6 Å². The van der Waals surface area contributed by atoms with E-state index in [1.807, 2.05) is 49.4 Å². The number of thioether (sulfide) groups is 1. The lowest BCUT2D eigenvalue weighted by Crippen LogP contribution is -2.54. The maximum absolute atomic E-state index is 14.4. The molecule has 0 radical (unpaired) electrons. The molecular formula is C29H37N3O5S. The van der Waals surface area contributed by atoms with Gasteiger partial charge in [0.15, 0.2) is 0 Å². The number of esters is 1. The van der Waals surface area contributed by atoms with Gasteiger partial charge in [-0.2, -0.15) is 0 Å². The van der Waals surface area contributed by atoms with Crippen molar-refractivity contribution in [3.63, 3.8) is 0 Å². The van der Waals surface area contributed by atoms with Gasteiger partial charge in [-0.15, -0.1) is 11.8 Å². The van der Waals surface area contributed by atoms with Crippen molar-refractivity contribution >= 4 is 40.9 Å². The topological polar surface area (TPSA) is 90.4 Å². The fraction of sp³-hybridized carbons (Fsp3) is 0.552. The van der Waals surface area contributed by atoms with Gasteiger partial charge in [-0.25, -0.2) is 0 Å². The van der Waals surface area contributed by atoms with Gasteiger partial charge in [-0.05, 0) is 57.9 Å². The molecule has 2 fully saturated rings. The minimum absolute atomic E-state index is 0.0327. The summed E-state index contributed by atoms with van der Waals surface area (Å²) < 4.78 is 3.99. The first-order valence-corrected chi connectivity index (χ1v) is 14.4. The highest BCUT2D eigenvalue weighted by molar-refractivity contribution is 8.02. The number of anilines is 2. The SMILES string of the molecule is CCN(CC)c1ccc(N2CC=C[C@]34S[C@@]5(C)/C=C\CCCOC(=O)[C@H]5[C@H]3C(=O)N(CCO)C4C2=O)cc1. The highest BCUT2D eigenvalue weighted by Crippen LogP contribution is 2.65. The molecule has 4 aliphatic heterocycles. The number of rotatable bonds is 6. The molecule has 204 valence electrons. The lowest BCUT2D eigenvalue weighted by molar-refractivity contribution is -0.154. The first-order chi connectivity index (χ1) is 18.3. The molecule has 5 atom stereocenters. The van der Waals surface area contributed by atoms with Gasteiger partial charge in [-0.3, -0.25) is 14.4 Å². The van der Waals surface area contributed by atoms with Crippen LogP contribution in [-0.2, 0) is 19.1 Å². The lowest BCUT2D eigenvalue weighted by Gasteiger charge is -2.36. The quantitative estimate of drug-likeness (QED) is 0.439. The third-order valence-electron chi connectivity index (χ3n) is 8.38. The molecule has 4 aliphatic rings. The molecule has 1 aromatic rings. The van der Waals surface area contributed by atoms with E-state index < -0.39 is 27.4 Å². The van der Waals surface area contributed by atoms with E-state index in [2.05, 4.69) is 24.8 Å². The van der Waals surface area contributed by atoms with Crippen molar-refractivity contribution in [3.05, 3.63) is 48.6 Å². The highest BCUT2D eigenvalue weighted by atomic mass is 32.2. The summed E-state index contributed by atoms with van der Waals surface area (Å²) in [7, 11) is 0. The molecule has 1 spiro atoms. The third kappa shape index (κ3) is 4.14. The minimum Gasteiger partial charge on any atom is -0.465 e. The van der Waals surface area contributed by atoms with E-state index in [1.165, 1.54) is 16.7 Å². The van der Waals surface area contributed by atoms with Gasteiger partial charge in [0, 0.05) is 42.3 Å². The van der Waals surface area contributed by atoms with Crippen LogP contribution in [0.25, 0.3) is 0 Å². The number of cyclic esters (lactones) is 1. The van der Waals surface area contributed by atoms with Crippen molar-refractivity contribution in [1.82, 2.24) is 4.90 Å². The Balaban J connectivity index is 1.57. The van der Waals surface area contributed by atoms with Crippen LogP contribution in [0, 0.1) is 11.8 Å². The van der Waals surface area contributed by atoms with E-state index in [1.54, 1.807) is 4.90 Å². The molecule has 5 rings (SSSR count). The zero-order chi connectivity index (χ0) is 27.1. The standard InChI is InChI=1S/C29H37N3O5S/c1-4-30(5-2)20-10-12-21(13-11-20)31-16-9-15-29-22(25(34)32(17-18-33)24(29)26(31)35)23-27(36)37-19-8-6-7-14-28(23,3)38-29/h7,9-15,22-24,33H,4-6,8,16-19H2,1-3H3/b14-7-/t22-,23+,24?,28-,29-/m0/s1. The molecule has 1 aromatic carbocycles. The van der Waals surface area contributed by atoms with Crippen molar-refractivity contribution in [3.8, 4) is 0 Å². The van der Waals surface area contributed by atoms with Crippen molar-refractivity contribution in [1.29, 1.82) is 0 Å². The zero-order valence-electron chi connectivity index (χ0n) is 22.3. The van der Waals surface area contributed by atoms with Gasteiger partial charge in [0.1, 0.15) is 6.04 Å². The van der Waals surface area contributed by atoms with Crippen LogP contribution >= 0.6 is 11.8 Å². The number of likely N-dealkylation sites (tertiary alicyclic amines) is 1. The van der Waals surface area contributed by atoms with E-state index in [0.717, 1.165) is 37.3 Å². The Bertz CT molecular complexity index is 1150. The van der Waals surface area contributed by atoms with Crippen LogP contribution in [-0.4, -0.2) is 82.7 Å². The number of nitrogens with zero attached hydrogens (tertiary/aromatic N) is 3. The summed E-state index contributed by atoms with van der Waals surface area (Å²) in [6.45, 7) is 8.41. The molecule has 0 saturated carbocycles. The summed E-state index contributed by atoms with van der Waals surface area (Å²) >= 11 is 1.52. The predicted molar refractivity (Wildman–Crippen MR) is 149 cm³/mol. The monoisotopic (exact) mass is 539 g/mol. The first-order valence-electron chi connectivity index (χ1n) is 13.6. The van der Waals surface area contributed by atoms with Crippen LogP contribution in [0.3, 0.4) is 0 Å². The van der Waals surface area contributed by atoms with Gasteiger partial charge in [0.25, 0.3) is 5.91 Å². The van der Waals surface area contributed by atoms with E-state index >= 15 is 0 Å². The second-order valence-electron chi connectivity index (χ2n) is 10.5. The number of ether oxygens (including phenoxy) is 1. The van der Waals surface area contributed by atoms with Crippen LogP contribution < -0.4 is 9.80 Å². The normalized spacial score (nSPS) is 33.5. The number of amides is 2. The van der Waals surface area contributed by atoms with Crippen LogP contribution in [0.2, 0.25) is 0 Å². The minimum atomic E-state index is -0.943. The number of carbonyl (C=O) groups excluding carboxylic acids is 3. The average Bonchev–Trinajstić information content (AvgIpc) is 3.25. The largest absolute Gasteiger partial charge is 0.465 e. The molecule has 0 aromatic heterocycles. The molecular weight excluding hydrogens is 502 g/mol. The number of allylic oxidation sites excluding steroid dienone is 1. The number of benzene rings is 1. The van der Waals surface area contributed by atoms with Crippen LogP contribution in [0.15, 0.2) is 48.6 Å². The highest BCUT2D eigenvalue weighted by Gasteiger charge is 2.73. The second-order valence-corrected chi connectivity index (χ2v) is 12.3. The third-order valence-corrected chi connectivity index (χ3v) is 10.2. The van der Waals surface area contributed by atoms with E-state index in [4.69, 9.17) is 4.74 Å². The summed E-state index contributed by atoms with van der Waals surface area (Å²) in [6, 6.07) is 7.09. The van der Waals surface area contributed by atoms with Crippen molar-refractivity contribution in [2.75, 3.05) is 49.2 Å². The van der Waals surface area contributed by atoms with Crippen LogP contribution in [0.4, 0.5) is 11.4 Å². The van der Waals surface area contributed by atoms with Gasteiger partial charge >= 0.3 is 5.97 Å². The average molecular weight is 540 g/mol. The predicted octanol–water partition coefficient (Wildman–Crippen LogP) is 3.01. The fourth-order valence-corrected chi connectivity index (χ4v) is 8.80. The number of β-amino-alcohol motifs (C(OH)–C–C–N with tert-alkyl or cyclic N) is 1. The van der Waals surface area contributed by atoms with Crippen molar-refractivity contribution in [2.45, 2.75) is 49.1 Å². The number of fused-ring (bicyclic) bond motifs is 2. The number of aliphatic hydroxyl groups is 1. The lowest BCUT2D eigenvalue weighted by atomic mass is 9.74. The maximum Gasteiger partial charge on any atom is 0.311 e. The van der Waals surface area contributed by atoms with Gasteiger partial charge in [0.05, 0.1) is 29.8 Å². The zero-order valence-corrected chi connectivity index (χ0v) is 23.2. The van der Waals surface area contributed by atoms with Crippen LogP contribution in [0.5, 0.6) is 0 Å². The summed E-state index contributed by atoms with van der Waals surface area (Å²) in [6.07, 6.45) is 9.56. The van der Waals surface area contributed by atoms with Gasteiger partial charge in [0.2, 0.25) is 5.91 Å². The van der Waals surface area contributed by atoms with E-state index in [0.29, 0.717) is 13.2 Å². The number of hydrogen-bond donors (Lipinski definition) is 1. The molecule has 4 heterocycles. The van der Waals surface area contributed by atoms with E-state index in [-0.39, 0.29) is 30.9 Å². The molecule has 0 aliphatic carbocycles. The number of hydrogen-bond acceptors (Lipinski definition) is 7. The number of aliphatic hydroxyl groups excluding tert-OH is 1. The maximum atomic E-state index is 14.4. The molecule has 1 N–H and O–H groups in total. The van der Waals surface area contributed by atoms with Crippen molar-refractivity contribution in [2.24, 2.45) is 11.8 Å². The summed E-state index contributed by atoms with van der Waals surface area (Å²) in [5.41, 5.74) is 1.84. The van der Waals surface area contributed by atoms with E-state index in [9.17, 15) is 19.5 Å². The fourth-order valence-electron chi connectivity index (χ4n) is 6.65. The Kier molecular flexibility index (Phi) is 7.35. The van der Waals surface area contributed by atoms with Gasteiger partial charge in [-0.1, -0.05) is 24.3 Å². The molecule has 2 saturated heterocycles. The first kappa shape index (κ1) is 26.8. The Morgan fingerprint density at radius 1 is 1.05 bits per heavy atom. The summed E-state index contributed by atoms with van der Waals surface area (Å²) in [5.74, 6) is -2.34. The Morgan fingerprint density at radius 3 is 2.47 bits per heavy atom. The van der Waals surface area contributed by atoms with Crippen molar-refractivity contribution < 1.29 is 24.2 Å². The Labute approximate surface area is 228 Å². The molecule has 2 amide bonds. The number of carbonyl (C=O) groups is 3. The molecule has 0 bridgehead atoms. The summed E-state index contributed by atoms with van der Waals surface area (Å²) in [5, 5.41) is 9.87. The van der Waals surface area contributed by atoms with Gasteiger partial charge < -0.3 is 24.5 Å². The molecule has 1 unspecified atom stereocenters. The summed E-state index contributed by atoms with van der Waals surface area (Å²) in [4.78, 5) is 47.2. The molecule has 8 nitrogen and oxygen atoms in total. The second kappa shape index (κ2) is 10.4. The molecule has 38 heavy (non-hydrogen) atoms. The smallest absolute Gasteiger partial charge is 0.311 e.